The van der Waals surface area contributed by atoms with Crippen LogP contribution in [0.2, 0.25) is 15.1 Å². The molecule has 1 aromatic heterocycles. The van der Waals surface area contributed by atoms with E-state index in [1.807, 2.05) is 31.2 Å². The van der Waals surface area contributed by atoms with Gasteiger partial charge in [0.1, 0.15) is 6.10 Å². The van der Waals surface area contributed by atoms with Gasteiger partial charge in [0.25, 0.3) is 0 Å². The van der Waals surface area contributed by atoms with E-state index in [9.17, 15) is 4.79 Å². The summed E-state index contributed by atoms with van der Waals surface area (Å²) in [4.78, 5) is 13.5. The monoisotopic (exact) mass is 618 g/mol. The first-order valence-corrected chi connectivity index (χ1v) is 12.7. The molecule has 3 atom stereocenters. The van der Waals surface area contributed by atoms with E-state index in [0.29, 0.717) is 32.4 Å². The fourth-order valence-corrected chi connectivity index (χ4v) is 6.57. The fraction of sp³-hybridized carbons (Fsp3) is 0.407. The van der Waals surface area contributed by atoms with Crippen LogP contribution in [0.1, 0.15) is 56.1 Å². The van der Waals surface area contributed by atoms with Crippen LogP contribution >= 0.6 is 75.3 Å². The number of nitrogens with zero attached hydrogens (tertiary/aromatic N) is 2. The molecule has 10 heteroatoms. The molecule has 2 aromatic carbocycles. The lowest BCUT2D eigenvalue weighted by atomic mass is 9.70. The average molecular weight is 620 g/mol. The van der Waals surface area contributed by atoms with Crippen molar-refractivity contribution in [3.8, 4) is 16.9 Å². The number of carbonyl (C=O) groups excluding carboxylic acids is 1. The van der Waals surface area contributed by atoms with Gasteiger partial charge in [-0.05, 0) is 67.9 Å². The lowest BCUT2D eigenvalue weighted by Gasteiger charge is -2.38. The van der Waals surface area contributed by atoms with Gasteiger partial charge in [-0.3, -0.25) is 0 Å². The predicted molar refractivity (Wildman–Crippen MR) is 168 cm³/mol. The first-order chi connectivity index (χ1) is 16.0. The molecule has 0 saturated heterocycles. The highest BCUT2D eigenvalue weighted by molar-refractivity contribution is 7.59. The van der Waals surface area contributed by atoms with Gasteiger partial charge in [-0.15, -0.1) is 0 Å². The van der Waals surface area contributed by atoms with E-state index < -0.39 is 5.97 Å². The molecule has 202 valence electrons. The van der Waals surface area contributed by atoms with E-state index in [1.165, 1.54) is 6.42 Å². The predicted octanol–water partition coefficient (Wildman–Crippen LogP) is 8.52. The van der Waals surface area contributed by atoms with Crippen molar-refractivity contribution in [2.75, 3.05) is 0 Å². The number of aromatic nitrogens is 2. The number of esters is 1. The summed E-state index contributed by atoms with van der Waals surface area (Å²) in [5, 5.41) is 6.31. The summed E-state index contributed by atoms with van der Waals surface area (Å²) in [5.41, 5.74) is 3.40. The molecule has 2 fully saturated rings. The molecule has 4 nitrogen and oxygen atoms in total. The van der Waals surface area contributed by atoms with Crippen LogP contribution in [0.25, 0.3) is 16.9 Å². The molecule has 0 amide bonds. The zero-order valence-corrected chi connectivity index (χ0v) is 26.4. The summed E-state index contributed by atoms with van der Waals surface area (Å²) in [6, 6.07) is 12.6. The lowest BCUT2D eigenvalue weighted by molar-refractivity contribution is -0.0248. The van der Waals surface area contributed by atoms with E-state index in [0.717, 1.165) is 29.7 Å². The van der Waals surface area contributed by atoms with Gasteiger partial charge in [-0.1, -0.05) is 67.7 Å². The maximum Gasteiger partial charge on any atom is 0.359 e. The number of ether oxygens (including phenoxy) is 1. The summed E-state index contributed by atoms with van der Waals surface area (Å²) in [5.74, 6) is 0.178. The topological polar surface area (TPSA) is 44.1 Å². The van der Waals surface area contributed by atoms with Crippen molar-refractivity contribution < 1.29 is 9.53 Å². The smallest absolute Gasteiger partial charge is 0.359 e. The first kappa shape index (κ1) is 32.3. The number of carbonyl (C=O) groups is 1. The molecule has 5 rings (SSSR count). The SMILES string of the molecule is Cc1c(C(=O)O[C@H]2C[C@@H]3CC[C@@]2(C)C3(C)C)nn(-c2ccc(Cl)cc2Cl)c1-c1ccc(Cl)cc1.S.S.S. The Bertz CT molecular complexity index is 1300. The van der Waals surface area contributed by atoms with Gasteiger partial charge in [0.05, 0.1) is 16.4 Å². The summed E-state index contributed by atoms with van der Waals surface area (Å²) < 4.78 is 7.86. The quantitative estimate of drug-likeness (QED) is 0.275. The summed E-state index contributed by atoms with van der Waals surface area (Å²) in [6.07, 6.45) is 3.06. The van der Waals surface area contributed by atoms with E-state index in [1.54, 1.807) is 22.9 Å². The minimum absolute atomic E-state index is 0. The van der Waals surface area contributed by atoms with Gasteiger partial charge in [0.15, 0.2) is 5.69 Å². The molecule has 3 aromatic rings. The Morgan fingerprint density at radius 2 is 1.62 bits per heavy atom. The van der Waals surface area contributed by atoms with Crippen LogP contribution in [0, 0.1) is 23.7 Å². The molecule has 0 unspecified atom stereocenters. The molecular weight excluding hydrogens is 587 g/mol. The maximum atomic E-state index is 13.5. The van der Waals surface area contributed by atoms with Gasteiger partial charge in [0.2, 0.25) is 0 Å². The highest BCUT2D eigenvalue weighted by atomic mass is 35.5. The van der Waals surface area contributed by atoms with Crippen molar-refractivity contribution in [1.29, 1.82) is 0 Å². The van der Waals surface area contributed by atoms with Crippen LogP contribution in [0.15, 0.2) is 42.5 Å². The number of halogens is 3. The standard InChI is InChI=1S/C27H27Cl3N2O2.3H2S/c1-15-23(25(33)34-22-13-17-11-12-27(22,4)26(17,2)3)31-32(21-10-9-19(29)14-20(21)30)24(15)16-5-7-18(28)8-6-16;;;/h5-10,14,17,22H,11-13H2,1-4H3;3*1H2/t17-,22-,27+;;;/m0.../s1. The third kappa shape index (κ3) is 5.29. The Labute approximate surface area is 254 Å². The van der Waals surface area contributed by atoms with Crippen molar-refractivity contribution in [3.05, 3.63) is 68.8 Å². The summed E-state index contributed by atoms with van der Waals surface area (Å²) in [6.45, 7) is 8.76. The highest BCUT2D eigenvalue weighted by Crippen LogP contribution is 2.66. The van der Waals surface area contributed by atoms with Crippen LogP contribution in [0.5, 0.6) is 0 Å². The number of fused-ring (bicyclic) bond motifs is 2. The van der Waals surface area contributed by atoms with Gasteiger partial charge in [0, 0.05) is 26.6 Å². The third-order valence-electron chi connectivity index (χ3n) is 8.53. The normalized spacial score (nSPS) is 23.0. The molecular formula is C27H33Cl3N2O2S3. The number of hydrogen-bond donors (Lipinski definition) is 0. The first-order valence-electron chi connectivity index (χ1n) is 11.5. The Morgan fingerprint density at radius 1 is 1.00 bits per heavy atom. The Balaban J connectivity index is 0.00000160. The Hall–Kier alpha value is -0.960. The second-order valence-corrected chi connectivity index (χ2v) is 11.6. The summed E-state index contributed by atoms with van der Waals surface area (Å²) in [7, 11) is 0. The Morgan fingerprint density at radius 3 is 2.16 bits per heavy atom. The van der Waals surface area contributed by atoms with E-state index in [2.05, 4.69) is 20.8 Å². The summed E-state index contributed by atoms with van der Waals surface area (Å²) >= 11 is 18.8. The van der Waals surface area contributed by atoms with Crippen LogP contribution in [0.3, 0.4) is 0 Å². The molecule has 0 aliphatic heterocycles. The second-order valence-electron chi connectivity index (χ2n) is 10.3. The van der Waals surface area contributed by atoms with Gasteiger partial charge in [-0.25, -0.2) is 9.48 Å². The van der Waals surface area contributed by atoms with Crippen LogP contribution in [0.4, 0.5) is 0 Å². The molecule has 37 heavy (non-hydrogen) atoms. The third-order valence-corrected chi connectivity index (χ3v) is 9.32. The van der Waals surface area contributed by atoms with Crippen molar-refractivity contribution in [3.63, 3.8) is 0 Å². The average Bonchev–Trinajstić information content (AvgIpc) is 3.29. The zero-order chi connectivity index (χ0) is 24.4. The van der Waals surface area contributed by atoms with Crippen molar-refractivity contribution in [2.45, 2.75) is 53.1 Å². The number of rotatable bonds is 4. The van der Waals surface area contributed by atoms with Crippen molar-refractivity contribution in [2.24, 2.45) is 16.7 Å². The molecule has 2 aliphatic rings. The van der Waals surface area contributed by atoms with E-state index in [4.69, 9.17) is 44.6 Å². The second kappa shape index (κ2) is 11.6. The van der Waals surface area contributed by atoms with Crippen LogP contribution in [-0.2, 0) is 4.74 Å². The van der Waals surface area contributed by atoms with Gasteiger partial charge < -0.3 is 4.74 Å². The zero-order valence-electron chi connectivity index (χ0n) is 21.2. The highest BCUT2D eigenvalue weighted by Gasteiger charge is 2.63. The molecule has 0 N–H and O–H groups in total. The van der Waals surface area contributed by atoms with E-state index in [-0.39, 0.29) is 57.4 Å². The minimum atomic E-state index is -0.397. The lowest BCUT2D eigenvalue weighted by Crippen LogP contribution is -2.38. The molecule has 0 spiro atoms. The van der Waals surface area contributed by atoms with Gasteiger partial charge in [-0.2, -0.15) is 45.6 Å². The number of hydrogen-bond acceptors (Lipinski definition) is 3. The minimum Gasteiger partial charge on any atom is -0.457 e. The van der Waals surface area contributed by atoms with Crippen LogP contribution < -0.4 is 0 Å². The Kier molecular flexibility index (Phi) is 10.2. The molecule has 0 radical (unpaired) electrons. The van der Waals surface area contributed by atoms with Crippen molar-refractivity contribution >= 4 is 81.3 Å². The van der Waals surface area contributed by atoms with Crippen molar-refractivity contribution in [1.82, 2.24) is 9.78 Å². The largest absolute Gasteiger partial charge is 0.457 e. The van der Waals surface area contributed by atoms with Gasteiger partial charge >= 0.3 is 5.97 Å². The maximum absolute atomic E-state index is 13.5. The molecule has 2 aliphatic carbocycles. The number of benzene rings is 2. The van der Waals surface area contributed by atoms with Crippen LogP contribution in [-0.4, -0.2) is 21.9 Å². The fourth-order valence-electron chi connectivity index (χ4n) is 5.96. The van der Waals surface area contributed by atoms with E-state index >= 15 is 0 Å². The molecule has 1 heterocycles. The molecule has 2 saturated carbocycles. The molecule has 2 bridgehead atoms.